The van der Waals surface area contributed by atoms with Gasteiger partial charge in [-0.25, -0.2) is 4.68 Å². The summed E-state index contributed by atoms with van der Waals surface area (Å²) in [5.74, 6) is -0.387. The minimum atomic E-state index is -0.387. The Labute approximate surface area is 104 Å². The van der Waals surface area contributed by atoms with Crippen LogP contribution in [0.5, 0.6) is 0 Å². The van der Waals surface area contributed by atoms with Gasteiger partial charge < -0.3 is 4.57 Å². The minimum absolute atomic E-state index is 0.0572. The molecule has 18 heavy (non-hydrogen) atoms. The van der Waals surface area contributed by atoms with E-state index >= 15 is 0 Å². The van der Waals surface area contributed by atoms with Gasteiger partial charge in [0.05, 0.1) is 12.2 Å². The SMILES string of the molecule is CC(C)n1ncc2c3n(c(F)c2c1=O)CCCC3. The van der Waals surface area contributed by atoms with E-state index in [1.54, 1.807) is 10.8 Å². The molecule has 0 unspecified atom stereocenters. The van der Waals surface area contributed by atoms with Crippen molar-refractivity contribution in [2.24, 2.45) is 0 Å². The molecule has 0 N–H and O–H groups in total. The second-order valence-electron chi connectivity index (χ2n) is 5.12. The van der Waals surface area contributed by atoms with E-state index in [1.165, 1.54) is 4.68 Å². The Kier molecular flexibility index (Phi) is 2.50. The molecular weight excluding hydrogens is 233 g/mol. The molecule has 0 radical (unpaired) electrons. The Hall–Kier alpha value is -1.65. The molecule has 3 heterocycles. The van der Waals surface area contributed by atoms with Crippen molar-refractivity contribution in [3.63, 3.8) is 0 Å². The molecule has 0 aromatic carbocycles. The molecule has 0 spiro atoms. The molecular formula is C13H16FN3O. The summed E-state index contributed by atoms with van der Waals surface area (Å²) in [7, 11) is 0. The van der Waals surface area contributed by atoms with E-state index in [2.05, 4.69) is 5.10 Å². The first-order valence-corrected chi connectivity index (χ1v) is 6.39. The predicted molar refractivity (Wildman–Crippen MR) is 67.3 cm³/mol. The van der Waals surface area contributed by atoms with Crippen molar-refractivity contribution in [3.8, 4) is 0 Å². The fraction of sp³-hybridized carbons (Fsp3) is 0.538. The van der Waals surface area contributed by atoms with Gasteiger partial charge in [0.25, 0.3) is 5.56 Å². The highest BCUT2D eigenvalue weighted by Crippen LogP contribution is 2.27. The third-order valence-corrected chi connectivity index (χ3v) is 3.62. The predicted octanol–water partition coefficient (Wildman–Crippen LogP) is 2.25. The van der Waals surface area contributed by atoms with Gasteiger partial charge in [-0.2, -0.15) is 9.49 Å². The molecule has 0 atom stereocenters. The Morgan fingerprint density at radius 3 is 2.89 bits per heavy atom. The van der Waals surface area contributed by atoms with Crippen molar-refractivity contribution in [1.82, 2.24) is 14.3 Å². The van der Waals surface area contributed by atoms with Crippen molar-refractivity contribution >= 4 is 10.8 Å². The first kappa shape index (κ1) is 11.4. The lowest BCUT2D eigenvalue weighted by molar-refractivity contribution is 0.442. The zero-order valence-corrected chi connectivity index (χ0v) is 10.6. The molecule has 0 saturated carbocycles. The summed E-state index contributed by atoms with van der Waals surface area (Å²) in [5, 5.41) is 5.04. The first-order chi connectivity index (χ1) is 8.61. The van der Waals surface area contributed by atoms with Crippen LogP contribution in [-0.4, -0.2) is 14.3 Å². The second-order valence-corrected chi connectivity index (χ2v) is 5.12. The summed E-state index contributed by atoms with van der Waals surface area (Å²) in [6, 6.07) is -0.0572. The Morgan fingerprint density at radius 2 is 2.17 bits per heavy atom. The highest BCUT2D eigenvalue weighted by molar-refractivity contribution is 5.84. The normalized spacial score (nSPS) is 15.3. The van der Waals surface area contributed by atoms with Crippen LogP contribution in [0, 0.1) is 5.95 Å². The summed E-state index contributed by atoms with van der Waals surface area (Å²) >= 11 is 0. The van der Waals surface area contributed by atoms with Crippen LogP contribution in [0.1, 0.15) is 38.4 Å². The lowest BCUT2D eigenvalue weighted by Gasteiger charge is -2.14. The smallest absolute Gasteiger partial charge is 0.279 e. The molecule has 2 aromatic heterocycles. The van der Waals surface area contributed by atoms with Crippen molar-refractivity contribution in [3.05, 3.63) is 28.2 Å². The summed E-state index contributed by atoms with van der Waals surface area (Å²) in [6.45, 7) is 4.40. The zero-order valence-electron chi connectivity index (χ0n) is 10.6. The number of hydrogen-bond donors (Lipinski definition) is 0. The summed E-state index contributed by atoms with van der Waals surface area (Å²) in [4.78, 5) is 12.3. The van der Waals surface area contributed by atoms with E-state index in [4.69, 9.17) is 0 Å². The maximum absolute atomic E-state index is 14.3. The molecule has 4 nitrogen and oxygen atoms in total. The van der Waals surface area contributed by atoms with E-state index in [-0.39, 0.29) is 22.9 Å². The standard InChI is InChI=1S/C13H16FN3O/c1-8(2)17-13(18)11-9(7-15-17)10-5-3-4-6-16(10)12(11)14/h7-8H,3-6H2,1-2H3. The van der Waals surface area contributed by atoms with Gasteiger partial charge in [0, 0.05) is 17.6 Å². The maximum Gasteiger partial charge on any atom is 0.279 e. The van der Waals surface area contributed by atoms with Crippen molar-refractivity contribution in [1.29, 1.82) is 0 Å². The molecule has 3 rings (SSSR count). The van der Waals surface area contributed by atoms with Crippen LogP contribution in [0.25, 0.3) is 10.8 Å². The van der Waals surface area contributed by atoms with Gasteiger partial charge in [-0.15, -0.1) is 0 Å². The van der Waals surface area contributed by atoms with Crippen LogP contribution in [0.15, 0.2) is 11.0 Å². The fourth-order valence-corrected chi connectivity index (χ4v) is 2.72. The number of aryl methyl sites for hydroxylation is 1. The number of aromatic nitrogens is 3. The van der Waals surface area contributed by atoms with E-state index in [9.17, 15) is 9.18 Å². The average Bonchev–Trinajstić information content (AvgIpc) is 2.65. The number of halogens is 1. The van der Waals surface area contributed by atoms with Gasteiger partial charge in [-0.3, -0.25) is 4.79 Å². The van der Waals surface area contributed by atoms with Crippen molar-refractivity contribution < 1.29 is 4.39 Å². The second kappa shape index (κ2) is 3.93. The molecule has 0 saturated heterocycles. The van der Waals surface area contributed by atoms with E-state index in [1.807, 2.05) is 13.8 Å². The molecule has 0 amide bonds. The van der Waals surface area contributed by atoms with Crippen LogP contribution in [0.3, 0.4) is 0 Å². The Bertz CT molecular complexity index is 669. The molecule has 0 fully saturated rings. The van der Waals surface area contributed by atoms with Gasteiger partial charge in [-0.1, -0.05) is 0 Å². The van der Waals surface area contributed by atoms with Gasteiger partial charge in [0.2, 0.25) is 5.95 Å². The monoisotopic (exact) mass is 249 g/mol. The third kappa shape index (κ3) is 1.43. The lowest BCUT2D eigenvalue weighted by atomic mass is 10.1. The quantitative estimate of drug-likeness (QED) is 0.777. The van der Waals surface area contributed by atoms with E-state index in [0.29, 0.717) is 11.9 Å². The number of nitrogens with zero attached hydrogens (tertiary/aromatic N) is 3. The molecule has 5 heteroatoms. The average molecular weight is 249 g/mol. The summed E-state index contributed by atoms with van der Waals surface area (Å²) in [6.07, 6.45) is 4.48. The molecule has 0 aliphatic carbocycles. The highest BCUT2D eigenvalue weighted by atomic mass is 19.1. The van der Waals surface area contributed by atoms with Gasteiger partial charge in [0.15, 0.2) is 0 Å². The van der Waals surface area contributed by atoms with Crippen LogP contribution in [0.2, 0.25) is 0 Å². The number of fused-ring (bicyclic) bond motifs is 3. The number of hydrogen-bond acceptors (Lipinski definition) is 2. The highest BCUT2D eigenvalue weighted by Gasteiger charge is 2.23. The zero-order chi connectivity index (χ0) is 12.9. The number of rotatable bonds is 1. The Balaban J connectivity index is 2.39. The summed E-state index contributed by atoms with van der Waals surface area (Å²) < 4.78 is 17.3. The summed E-state index contributed by atoms with van der Waals surface area (Å²) in [5.41, 5.74) is 0.608. The molecule has 0 bridgehead atoms. The van der Waals surface area contributed by atoms with E-state index < -0.39 is 0 Å². The first-order valence-electron chi connectivity index (χ1n) is 6.39. The molecule has 1 aliphatic rings. The molecule has 1 aliphatic heterocycles. The third-order valence-electron chi connectivity index (χ3n) is 3.62. The Morgan fingerprint density at radius 1 is 1.39 bits per heavy atom. The van der Waals surface area contributed by atoms with Gasteiger partial charge in [0.1, 0.15) is 5.39 Å². The van der Waals surface area contributed by atoms with Gasteiger partial charge >= 0.3 is 0 Å². The van der Waals surface area contributed by atoms with Crippen molar-refractivity contribution in [2.45, 2.75) is 45.7 Å². The fourth-order valence-electron chi connectivity index (χ4n) is 2.72. The van der Waals surface area contributed by atoms with Crippen LogP contribution < -0.4 is 5.56 Å². The maximum atomic E-state index is 14.3. The van der Waals surface area contributed by atoms with Crippen LogP contribution in [0.4, 0.5) is 4.39 Å². The largest absolute Gasteiger partial charge is 0.321 e. The minimum Gasteiger partial charge on any atom is -0.321 e. The van der Waals surface area contributed by atoms with E-state index in [0.717, 1.165) is 25.0 Å². The topological polar surface area (TPSA) is 39.8 Å². The van der Waals surface area contributed by atoms with Crippen LogP contribution in [-0.2, 0) is 13.0 Å². The molecule has 96 valence electrons. The lowest BCUT2D eigenvalue weighted by Crippen LogP contribution is -2.24. The van der Waals surface area contributed by atoms with Crippen molar-refractivity contribution in [2.75, 3.05) is 0 Å². The van der Waals surface area contributed by atoms with Gasteiger partial charge in [-0.05, 0) is 33.1 Å². The van der Waals surface area contributed by atoms with Crippen LogP contribution >= 0.6 is 0 Å². The molecule has 2 aromatic rings.